The predicted octanol–water partition coefficient (Wildman–Crippen LogP) is 4.47. The molecule has 2 aromatic carbocycles. The second-order valence-corrected chi connectivity index (χ2v) is 5.65. The van der Waals surface area contributed by atoms with Crippen LogP contribution in [0, 0.1) is 6.92 Å². The summed E-state index contributed by atoms with van der Waals surface area (Å²) in [4.78, 5) is 0. The van der Waals surface area contributed by atoms with Crippen molar-refractivity contribution in [3.8, 4) is 5.75 Å². The maximum atomic E-state index is 5.26. The number of methoxy groups -OCH3 is 1. The number of halogens is 1. The predicted molar refractivity (Wildman–Crippen MR) is 87.4 cm³/mol. The molecule has 0 bridgehead atoms. The summed E-state index contributed by atoms with van der Waals surface area (Å²) in [5, 5.41) is 3.55. The quantitative estimate of drug-likeness (QED) is 0.871. The van der Waals surface area contributed by atoms with Crippen molar-refractivity contribution in [2.75, 3.05) is 13.7 Å². The highest BCUT2D eigenvalue weighted by Crippen LogP contribution is 2.31. The van der Waals surface area contributed by atoms with E-state index in [0.717, 1.165) is 16.8 Å². The second-order valence-electron chi connectivity index (χ2n) is 4.79. The van der Waals surface area contributed by atoms with Crippen LogP contribution in [0.1, 0.15) is 29.7 Å². The Kier molecular flexibility index (Phi) is 5.21. The molecule has 0 saturated heterocycles. The first-order chi connectivity index (χ1) is 9.65. The number of hydrogen-bond acceptors (Lipinski definition) is 2. The van der Waals surface area contributed by atoms with Gasteiger partial charge in [-0.2, -0.15) is 0 Å². The van der Waals surface area contributed by atoms with E-state index in [9.17, 15) is 0 Å². The van der Waals surface area contributed by atoms with Crippen molar-refractivity contribution < 1.29 is 4.74 Å². The molecule has 0 aromatic heterocycles. The zero-order valence-corrected chi connectivity index (χ0v) is 13.7. The first-order valence-corrected chi connectivity index (χ1v) is 7.58. The minimum Gasteiger partial charge on any atom is -0.497 e. The van der Waals surface area contributed by atoms with E-state index in [1.807, 2.05) is 12.1 Å². The fourth-order valence-electron chi connectivity index (χ4n) is 2.33. The van der Waals surface area contributed by atoms with Gasteiger partial charge in [0.2, 0.25) is 0 Å². The molecule has 0 aliphatic heterocycles. The molecule has 0 heterocycles. The summed E-state index contributed by atoms with van der Waals surface area (Å²) in [5.41, 5.74) is 3.77. The Morgan fingerprint density at radius 3 is 2.60 bits per heavy atom. The summed E-state index contributed by atoms with van der Waals surface area (Å²) >= 11 is 3.65. The van der Waals surface area contributed by atoms with E-state index in [0.29, 0.717) is 0 Å². The third kappa shape index (κ3) is 3.41. The lowest BCUT2D eigenvalue weighted by molar-refractivity contribution is 0.414. The Morgan fingerprint density at radius 2 is 2.00 bits per heavy atom. The molecule has 1 unspecified atom stereocenters. The standard InChI is InChI=1S/C17H20BrNO/c1-4-19-17(13-7-5-6-12(2)10-13)15-9-8-14(20-3)11-16(15)18/h5-11,17,19H,4H2,1-3H3. The molecule has 2 aromatic rings. The lowest BCUT2D eigenvalue weighted by Gasteiger charge is -2.21. The number of hydrogen-bond donors (Lipinski definition) is 1. The van der Waals surface area contributed by atoms with Gasteiger partial charge in [-0.25, -0.2) is 0 Å². The number of ether oxygens (including phenoxy) is 1. The minimum absolute atomic E-state index is 0.181. The first-order valence-electron chi connectivity index (χ1n) is 6.79. The summed E-state index contributed by atoms with van der Waals surface area (Å²) < 4.78 is 6.32. The van der Waals surface area contributed by atoms with Crippen LogP contribution in [0.5, 0.6) is 5.75 Å². The summed E-state index contributed by atoms with van der Waals surface area (Å²) in [6.45, 7) is 5.16. The van der Waals surface area contributed by atoms with Crippen LogP contribution in [-0.2, 0) is 0 Å². The molecule has 3 heteroatoms. The zero-order chi connectivity index (χ0) is 14.5. The van der Waals surface area contributed by atoms with Gasteiger partial charge in [-0.15, -0.1) is 0 Å². The van der Waals surface area contributed by atoms with Crippen molar-refractivity contribution in [3.63, 3.8) is 0 Å². The summed E-state index contributed by atoms with van der Waals surface area (Å²) in [5.74, 6) is 0.861. The van der Waals surface area contributed by atoms with Gasteiger partial charge in [-0.3, -0.25) is 0 Å². The lowest BCUT2D eigenvalue weighted by atomic mass is 9.97. The Labute approximate surface area is 129 Å². The number of nitrogens with one attached hydrogen (secondary N) is 1. The van der Waals surface area contributed by atoms with Crippen molar-refractivity contribution in [1.82, 2.24) is 5.32 Å². The molecular weight excluding hydrogens is 314 g/mol. The fraction of sp³-hybridized carbons (Fsp3) is 0.294. The summed E-state index contributed by atoms with van der Waals surface area (Å²) in [6, 6.07) is 14.9. The van der Waals surface area contributed by atoms with Crippen LogP contribution in [0.4, 0.5) is 0 Å². The van der Waals surface area contributed by atoms with Gasteiger partial charge in [-0.05, 0) is 36.7 Å². The molecule has 1 N–H and O–H groups in total. The van der Waals surface area contributed by atoms with Gasteiger partial charge < -0.3 is 10.1 Å². The maximum absolute atomic E-state index is 5.26. The largest absolute Gasteiger partial charge is 0.497 e. The lowest BCUT2D eigenvalue weighted by Crippen LogP contribution is -2.22. The highest BCUT2D eigenvalue weighted by atomic mass is 79.9. The maximum Gasteiger partial charge on any atom is 0.120 e. The van der Waals surface area contributed by atoms with Crippen LogP contribution in [0.3, 0.4) is 0 Å². The van der Waals surface area contributed by atoms with Crippen molar-refractivity contribution >= 4 is 15.9 Å². The highest BCUT2D eigenvalue weighted by Gasteiger charge is 2.16. The van der Waals surface area contributed by atoms with Gasteiger partial charge in [0.15, 0.2) is 0 Å². The SMILES string of the molecule is CCNC(c1cccc(C)c1)c1ccc(OC)cc1Br. The Balaban J connectivity index is 2.43. The molecule has 2 nitrogen and oxygen atoms in total. The highest BCUT2D eigenvalue weighted by molar-refractivity contribution is 9.10. The first kappa shape index (κ1) is 15.1. The van der Waals surface area contributed by atoms with Crippen LogP contribution < -0.4 is 10.1 Å². The van der Waals surface area contributed by atoms with Gasteiger partial charge >= 0.3 is 0 Å². The summed E-state index contributed by atoms with van der Waals surface area (Å²) in [7, 11) is 1.68. The molecule has 0 saturated carbocycles. The van der Waals surface area contributed by atoms with Crippen molar-refractivity contribution in [3.05, 3.63) is 63.6 Å². The molecule has 0 spiro atoms. The fourth-order valence-corrected chi connectivity index (χ4v) is 2.92. The van der Waals surface area contributed by atoms with Crippen molar-refractivity contribution in [2.24, 2.45) is 0 Å². The van der Waals surface area contributed by atoms with Crippen LogP contribution >= 0.6 is 15.9 Å². The Bertz CT molecular complexity index is 583. The molecule has 0 aliphatic rings. The number of aryl methyl sites for hydroxylation is 1. The molecular formula is C17H20BrNO. The average Bonchev–Trinajstić information content (AvgIpc) is 2.45. The average molecular weight is 334 g/mol. The second kappa shape index (κ2) is 6.91. The van der Waals surface area contributed by atoms with E-state index in [1.54, 1.807) is 7.11 Å². The van der Waals surface area contributed by atoms with Crippen molar-refractivity contribution in [2.45, 2.75) is 19.9 Å². The molecule has 106 valence electrons. The van der Waals surface area contributed by atoms with Gasteiger partial charge in [0.05, 0.1) is 13.2 Å². The minimum atomic E-state index is 0.181. The molecule has 0 amide bonds. The smallest absolute Gasteiger partial charge is 0.120 e. The molecule has 20 heavy (non-hydrogen) atoms. The molecule has 0 aliphatic carbocycles. The van der Waals surface area contributed by atoms with Crippen LogP contribution in [0.25, 0.3) is 0 Å². The number of rotatable bonds is 5. The topological polar surface area (TPSA) is 21.3 Å². The van der Waals surface area contributed by atoms with Gasteiger partial charge in [0, 0.05) is 4.47 Å². The van der Waals surface area contributed by atoms with E-state index < -0.39 is 0 Å². The van der Waals surface area contributed by atoms with Gasteiger partial charge in [0.1, 0.15) is 5.75 Å². The van der Waals surface area contributed by atoms with Crippen LogP contribution in [0.15, 0.2) is 46.9 Å². The van der Waals surface area contributed by atoms with E-state index in [4.69, 9.17) is 4.74 Å². The number of benzene rings is 2. The third-order valence-corrected chi connectivity index (χ3v) is 3.99. The van der Waals surface area contributed by atoms with E-state index in [2.05, 4.69) is 65.4 Å². The molecule has 0 fully saturated rings. The molecule has 2 rings (SSSR count). The summed E-state index contributed by atoms with van der Waals surface area (Å²) in [6.07, 6.45) is 0. The van der Waals surface area contributed by atoms with E-state index in [-0.39, 0.29) is 6.04 Å². The molecule has 0 radical (unpaired) electrons. The van der Waals surface area contributed by atoms with Gasteiger partial charge in [0.25, 0.3) is 0 Å². The van der Waals surface area contributed by atoms with Crippen LogP contribution in [-0.4, -0.2) is 13.7 Å². The zero-order valence-electron chi connectivity index (χ0n) is 12.1. The molecule has 1 atom stereocenters. The van der Waals surface area contributed by atoms with Crippen molar-refractivity contribution in [1.29, 1.82) is 0 Å². The third-order valence-electron chi connectivity index (χ3n) is 3.30. The van der Waals surface area contributed by atoms with E-state index in [1.165, 1.54) is 16.7 Å². The van der Waals surface area contributed by atoms with Gasteiger partial charge in [-0.1, -0.05) is 58.7 Å². The monoisotopic (exact) mass is 333 g/mol. The van der Waals surface area contributed by atoms with E-state index >= 15 is 0 Å². The Hall–Kier alpha value is -1.32. The normalized spacial score (nSPS) is 12.2. The van der Waals surface area contributed by atoms with Crippen LogP contribution in [0.2, 0.25) is 0 Å². The Morgan fingerprint density at radius 1 is 1.20 bits per heavy atom.